The maximum Gasteiger partial charge on any atom is 0.282 e. The quantitative estimate of drug-likeness (QED) is 0.587. The van der Waals surface area contributed by atoms with E-state index >= 15 is 0 Å². The summed E-state index contributed by atoms with van der Waals surface area (Å²) < 4.78 is 26.5. The third kappa shape index (κ3) is 3.47. The van der Waals surface area contributed by atoms with Crippen LogP contribution in [0.25, 0.3) is 6.08 Å². The van der Waals surface area contributed by atoms with Gasteiger partial charge in [-0.1, -0.05) is 24.3 Å². The van der Waals surface area contributed by atoms with Gasteiger partial charge in [0, 0.05) is 5.56 Å². The Morgan fingerprint density at radius 1 is 0.893 bits per heavy atom. The molecule has 1 heterocycles. The minimum absolute atomic E-state index is 0.229. The highest BCUT2D eigenvalue weighted by molar-refractivity contribution is 6.33. The van der Waals surface area contributed by atoms with Crippen LogP contribution in [0.2, 0.25) is 0 Å². The third-order valence-corrected chi connectivity index (χ3v) is 4.40. The van der Waals surface area contributed by atoms with Gasteiger partial charge in [0.2, 0.25) is 0 Å². The van der Waals surface area contributed by atoms with Gasteiger partial charge in [0.15, 0.2) is 0 Å². The van der Waals surface area contributed by atoms with Crippen LogP contribution in [0.15, 0.2) is 83.5 Å². The molecular formula is C23H16F2N2O. The number of amides is 1. The van der Waals surface area contributed by atoms with E-state index in [1.165, 1.54) is 29.2 Å². The Labute approximate surface area is 161 Å². The van der Waals surface area contributed by atoms with Gasteiger partial charge in [0.05, 0.1) is 5.69 Å². The molecule has 3 aromatic carbocycles. The lowest BCUT2D eigenvalue weighted by Crippen LogP contribution is -2.32. The van der Waals surface area contributed by atoms with Crippen molar-refractivity contribution >= 4 is 23.5 Å². The standard InChI is InChI=1S/C23H16F2N2O/c1-15-3-2-4-20(13-15)27-22(17-7-11-19(25)12-8-17)26-21(23(27)28)14-16-5-9-18(24)10-6-16/h2-14H,1H3/b21-14+. The fourth-order valence-electron chi connectivity index (χ4n) is 3.03. The Hall–Kier alpha value is -3.60. The molecule has 3 nitrogen and oxygen atoms in total. The summed E-state index contributed by atoms with van der Waals surface area (Å²) in [5.41, 5.74) is 3.19. The monoisotopic (exact) mass is 374 g/mol. The molecule has 0 fully saturated rings. The van der Waals surface area contributed by atoms with Crippen LogP contribution in [-0.2, 0) is 4.79 Å². The van der Waals surface area contributed by atoms with Crippen molar-refractivity contribution in [2.45, 2.75) is 6.92 Å². The Bertz CT molecular complexity index is 1100. The highest BCUT2D eigenvalue weighted by atomic mass is 19.1. The number of aryl methyl sites for hydroxylation is 1. The molecule has 0 aliphatic carbocycles. The summed E-state index contributed by atoms with van der Waals surface area (Å²) in [6.07, 6.45) is 1.61. The maximum absolute atomic E-state index is 13.4. The molecule has 1 aliphatic rings. The average Bonchev–Trinajstić information content (AvgIpc) is 3.00. The molecule has 0 saturated heterocycles. The molecule has 0 aromatic heterocycles. The van der Waals surface area contributed by atoms with E-state index in [0.29, 0.717) is 22.6 Å². The summed E-state index contributed by atoms with van der Waals surface area (Å²) in [4.78, 5) is 19.2. The number of aliphatic imine (C=N–C) groups is 1. The molecule has 0 radical (unpaired) electrons. The first-order valence-electron chi connectivity index (χ1n) is 8.74. The molecule has 0 spiro atoms. The molecule has 138 valence electrons. The van der Waals surface area contributed by atoms with Crippen LogP contribution in [0, 0.1) is 18.6 Å². The number of halogens is 2. The lowest BCUT2D eigenvalue weighted by molar-refractivity contribution is -0.113. The van der Waals surface area contributed by atoms with Gasteiger partial charge < -0.3 is 0 Å². The van der Waals surface area contributed by atoms with Gasteiger partial charge in [-0.2, -0.15) is 0 Å². The van der Waals surface area contributed by atoms with E-state index in [2.05, 4.69) is 4.99 Å². The van der Waals surface area contributed by atoms with E-state index < -0.39 is 0 Å². The molecule has 0 bridgehead atoms. The Kier molecular flexibility index (Phi) is 4.57. The van der Waals surface area contributed by atoms with Crippen LogP contribution in [0.4, 0.5) is 14.5 Å². The molecule has 28 heavy (non-hydrogen) atoms. The SMILES string of the molecule is Cc1cccc(N2C(=O)/C(=C\c3ccc(F)cc3)N=C2c2ccc(F)cc2)c1. The summed E-state index contributed by atoms with van der Waals surface area (Å²) in [6, 6.07) is 19.2. The van der Waals surface area contributed by atoms with Gasteiger partial charge in [-0.25, -0.2) is 13.8 Å². The second kappa shape index (κ2) is 7.19. The second-order valence-corrected chi connectivity index (χ2v) is 6.50. The molecular weight excluding hydrogens is 358 g/mol. The van der Waals surface area contributed by atoms with Gasteiger partial charge in [-0.15, -0.1) is 0 Å². The molecule has 1 aliphatic heterocycles. The highest BCUT2D eigenvalue weighted by Crippen LogP contribution is 2.28. The van der Waals surface area contributed by atoms with Crippen molar-refractivity contribution in [1.29, 1.82) is 0 Å². The minimum atomic E-state index is -0.363. The van der Waals surface area contributed by atoms with Crippen molar-refractivity contribution in [3.8, 4) is 0 Å². The lowest BCUT2D eigenvalue weighted by Gasteiger charge is -2.19. The summed E-state index contributed by atoms with van der Waals surface area (Å²) in [5.74, 6) is -0.590. The van der Waals surface area contributed by atoms with E-state index in [9.17, 15) is 13.6 Å². The topological polar surface area (TPSA) is 32.7 Å². The number of hydrogen-bond acceptors (Lipinski definition) is 2. The Morgan fingerprint density at radius 3 is 2.18 bits per heavy atom. The van der Waals surface area contributed by atoms with Crippen LogP contribution in [0.3, 0.4) is 0 Å². The molecule has 0 atom stereocenters. The second-order valence-electron chi connectivity index (χ2n) is 6.50. The smallest absolute Gasteiger partial charge is 0.266 e. The van der Waals surface area contributed by atoms with Crippen LogP contribution >= 0.6 is 0 Å². The van der Waals surface area contributed by atoms with Crippen LogP contribution < -0.4 is 4.90 Å². The molecule has 3 aromatic rings. The molecule has 5 heteroatoms. The van der Waals surface area contributed by atoms with E-state index in [0.717, 1.165) is 5.56 Å². The average molecular weight is 374 g/mol. The van der Waals surface area contributed by atoms with Crippen molar-refractivity contribution in [3.63, 3.8) is 0 Å². The number of hydrogen-bond donors (Lipinski definition) is 0. The van der Waals surface area contributed by atoms with Gasteiger partial charge in [-0.05, 0) is 72.7 Å². The highest BCUT2D eigenvalue weighted by Gasteiger charge is 2.32. The van der Waals surface area contributed by atoms with E-state index in [1.807, 2.05) is 31.2 Å². The largest absolute Gasteiger partial charge is 0.282 e. The summed E-state index contributed by atoms with van der Waals surface area (Å²) in [6.45, 7) is 1.94. The first-order valence-corrected chi connectivity index (χ1v) is 8.74. The third-order valence-electron chi connectivity index (χ3n) is 4.40. The van der Waals surface area contributed by atoms with Gasteiger partial charge in [0.25, 0.3) is 5.91 Å². The summed E-state index contributed by atoms with van der Waals surface area (Å²) >= 11 is 0. The molecule has 1 amide bonds. The van der Waals surface area contributed by atoms with Crippen molar-refractivity contribution in [1.82, 2.24) is 0 Å². The zero-order chi connectivity index (χ0) is 19.7. The number of anilines is 1. The number of carbonyl (C=O) groups excluding carboxylic acids is 1. The molecule has 0 unspecified atom stereocenters. The zero-order valence-corrected chi connectivity index (χ0v) is 15.1. The number of rotatable bonds is 3. The lowest BCUT2D eigenvalue weighted by atomic mass is 10.1. The van der Waals surface area contributed by atoms with Gasteiger partial charge in [0.1, 0.15) is 23.2 Å². The van der Waals surface area contributed by atoms with E-state index in [-0.39, 0.29) is 23.2 Å². The predicted molar refractivity (Wildman–Crippen MR) is 106 cm³/mol. The van der Waals surface area contributed by atoms with Gasteiger partial charge in [-0.3, -0.25) is 9.69 Å². The number of carbonyl (C=O) groups is 1. The van der Waals surface area contributed by atoms with Crippen LogP contribution in [0.5, 0.6) is 0 Å². The van der Waals surface area contributed by atoms with Crippen molar-refractivity contribution in [2.75, 3.05) is 4.90 Å². The Morgan fingerprint density at radius 2 is 1.54 bits per heavy atom. The van der Waals surface area contributed by atoms with Crippen molar-refractivity contribution < 1.29 is 13.6 Å². The number of amidine groups is 1. The minimum Gasteiger partial charge on any atom is -0.266 e. The fraction of sp³-hybridized carbons (Fsp3) is 0.0435. The first-order chi connectivity index (χ1) is 13.5. The summed E-state index contributed by atoms with van der Waals surface area (Å²) in [7, 11) is 0. The zero-order valence-electron chi connectivity index (χ0n) is 15.1. The maximum atomic E-state index is 13.4. The van der Waals surface area contributed by atoms with Crippen molar-refractivity contribution in [2.24, 2.45) is 4.99 Å². The van der Waals surface area contributed by atoms with E-state index in [1.54, 1.807) is 30.3 Å². The van der Waals surface area contributed by atoms with Crippen LogP contribution in [-0.4, -0.2) is 11.7 Å². The summed E-state index contributed by atoms with van der Waals surface area (Å²) in [5, 5.41) is 0. The molecule has 4 rings (SSSR count). The Balaban J connectivity index is 1.82. The molecule has 0 N–H and O–H groups in total. The number of nitrogens with zero attached hydrogens (tertiary/aromatic N) is 2. The number of benzene rings is 3. The van der Waals surface area contributed by atoms with Gasteiger partial charge >= 0.3 is 0 Å². The molecule has 0 saturated carbocycles. The first kappa shape index (κ1) is 17.8. The van der Waals surface area contributed by atoms with E-state index in [4.69, 9.17) is 0 Å². The van der Waals surface area contributed by atoms with Crippen molar-refractivity contribution in [3.05, 3.63) is 107 Å². The predicted octanol–water partition coefficient (Wildman–Crippen LogP) is 5.11. The van der Waals surface area contributed by atoms with Crippen LogP contribution in [0.1, 0.15) is 16.7 Å². The normalized spacial score (nSPS) is 15.2. The fourth-order valence-corrected chi connectivity index (χ4v) is 3.03.